The summed E-state index contributed by atoms with van der Waals surface area (Å²) in [5, 5.41) is 5.95. The molecule has 5 heteroatoms. The molecular formula is C21H25N3O2. The van der Waals surface area contributed by atoms with Crippen LogP contribution in [0.1, 0.15) is 64.1 Å². The first kappa shape index (κ1) is 18.1. The number of pyridine rings is 1. The zero-order chi connectivity index (χ0) is 18.5. The first-order valence-electron chi connectivity index (χ1n) is 9.19. The standard InChI is InChI=1S/C21H25N3O2/c1-14-7-6-10-18(15(14)2)24-21(26)19-13-16(11-12-22-19)20(25)23-17-8-4-3-5-9-17/h6-7,10-13,17H,3-5,8-9H2,1-2H3,(H,23,25)(H,24,26). The number of amides is 2. The Kier molecular flexibility index (Phi) is 5.66. The van der Waals surface area contributed by atoms with Crippen LogP contribution in [0.25, 0.3) is 0 Å². The topological polar surface area (TPSA) is 71.1 Å². The van der Waals surface area contributed by atoms with Crippen LogP contribution in [0.4, 0.5) is 5.69 Å². The molecule has 1 aromatic carbocycles. The van der Waals surface area contributed by atoms with Gasteiger partial charge in [0.05, 0.1) is 0 Å². The van der Waals surface area contributed by atoms with E-state index in [0.717, 1.165) is 42.5 Å². The van der Waals surface area contributed by atoms with E-state index >= 15 is 0 Å². The van der Waals surface area contributed by atoms with Gasteiger partial charge in [-0.2, -0.15) is 0 Å². The van der Waals surface area contributed by atoms with Gasteiger partial charge in [-0.15, -0.1) is 0 Å². The fraction of sp³-hybridized carbons (Fsp3) is 0.381. The molecule has 0 unspecified atom stereocenters. The maximum atomic E-state index is 12.5. The van der Waals surface area contributed by atoms with Gasteiger partial charge in [0, 0.05) is 23.5 Å². The van der Waals surface area contributed by atoms with Crippen molar-refractivity contribution >= 4 is 17.5 Å². The van der Waals surface area contributed by atoms with Gasteiger partial charge in [0.2, 0.25) is 0 Å². The Morgan fingerprint density at radius 1 is 1.04 bits per heavy atom. The number of hydrogen-bond donors (Lipinski definition) is 2. The van der Waals surface area contributed by atoms with Gasteiger partial charge in [-0.05, 0) is 56.0 Å². The molecule has 0 spiro atoms. The second-order valence-corrected chi connectivity index (χ2v) is 6.94. The molecule has 2 aromatic rings. The predicted octanol–water partition coefficient (Wildman–Crippen LogP) is 4.01. The van der Waals surface area contributed by atoms with Gasteiger partial charge in [0.15, 0.2) is 0 Å². The van der Waals surface area contributed by atoms with Crippen molar-refractivity contribution in [1.29, 1.82) is 0 Å². The first-order valence-corrected chi connectivity index (χ1v) is 9.19. The normalized spacial score (nSPS) is 14.7. The molecule has 3 rings (SSSR count). The SMILES string of the molecule is Cc1cccc(NC(=O)c2cc(C(=O)NC3CCCCC3)ccn2)c1C. The number of nitrogens with one attached hydrogen (secondary N) is 2. The second-order valence-electron chi connectivity index (χ2n) is 6.94. The van der Waals surface area contributed by atoms with E-state index in [-0.39, 0.29) is 23.6 Å². The average molecular weight is 351 g/mol. The molecule has 0 aliphatic heterocycles. The van der Waals surface area contributed by atoms with Gasteiger partial charge in [0.25, 0.3) is 11.8 Å². The molecule has 0 bridgehead atoms. The lowest BCUT2D eigenvalue weighted by Crippen LogP contribution is -2.36. The maximum Gasteiger partial charge on any atom is 0.274 e. The number of nitrogens with zero attached hydrogens (tertiary/aromatic N) is 1. The van der Waals surface area contributed by atoms with Crippen molar-refractivity contribution in [1.82, 2.24) is 10.3 Å². The molecule has 1 aromatic heterocycles. The van der Waals surface area contributed by atoms with Gasteiger partial charge >= 0.3 is 0 Å². The molecule has 1 saturated carbocycles. The Bertz CT molecular complexity index is 811. The van der Waals surface area contributed by atoms with Crippen LogP contribution in [0.15, 0.2) is 36.5 Å². The molecular weight excluding hydrogens is 326 g/mol. The summed E-state index contributed by atoms with van der Waals surface area (Å²) in [7, 11) is 0. The zero-order valence-electron chi connectivity index (χ0n) is 15.3. The Hall–Kier alpha value is -2.69. The Morgan fingerprint density at radius 2 is 1.81 bits per heavy atom. The second kappa shape index (κ2) is 8.13. The molecule has 1 fully saturated rings. The van der Waals surface area contributed by atoms with Crippen molar-refractivity contribution in [2.45, 2.75) is 52.0 Å². The van der Waals surface area contributed by atoms with Crippen LogP contribution in [0.3, 0.4) is 0 Å². The number of carbonyl (C=O) groups is 2. The van der Waals surface area contributed by atoms with E-state index < -0.39 is 0 Å². The van der Waals surface area contributed by atoms with E-state index in [2.05, 4.69) is 15.6 Å². The van der Waals surface area contributed by atoms with Gasteiger partial charge < -0.3 is 10.6 Å². The van der Waals surface area contributed by atoms with Crippen molar-refractivity contribution in [2.24, 2.45) is 0 Å². The summed E-state index contributed by atoms with van der Waals surface area (Å²) in [4.78, 5) is 29.1. The van der Waals surface area contributed by atoms with E-state index in [9.17, 15) is 9.59 Å². The van der Waals surface area contributed by atoms with Crippen LogP contribution in [-0.4, -0.2) is 22.8 Å². The van der Waals surface area contributed by atoms with Crippen LogP contribution in [0.5, 0.6) is 0 Å². The predicted molar refractivity (Wildman–Crippen MR) is 102 cm³/mol. The number of hydrogen-bond acceptors (Lipinski definition) is 3. The summed E-state index contributed by atoms with van der Waals surface area (Å²) in [5.41, 5.74) is 3.59. The minimum atomic E-state index is -0.314. The third kappa shape index (κ3) is 4.28. The quantitative estimate of drug-likeness (QED) is 0.874. The molecule has 5 nitrogen and oxygen atoms in total. The smallest absolute Gasteiger partial charge is 0.274 e. The van der Waals surface area contributed by atoms with Crippen molar-refractivity contribution in [2.75, 3.05) is 5.32 Å². The number of carbonyl (C=O) groups excluding carboxylic acids is 2. The van der Waals surface area contributed by atoms with Gasteiger partial charge in [-0.25, -0.2) is 0 Å². The fourth-order valence-electron chi connectivity index (χ4n) is 3.28. The summed E-state index contributed by atoms with van der Waals surface area (Å²) >= 11 is 0. The lowest BCUT2D eigenvalue weighted by atomic mass is 9.95. The molecule has 0 saturated heterocycles. The molecule has 0 atom stereocenters. The van der Waals surface area contributed by atoms with Gasteiger partial charge in [-0.1, -0.05) is 31.4 Å². The summed E-state index contributed by atoms with van der Waals surface area (Å²) in [6.45, 7) is 3.96. The summed E-state index contributed by atoms with van der Waals surface area (Å²) in [6, 6.07) is 9.20. The number of aryl methyl sites for hydroxylation is 1. The molecule has 136 valence electrons. The fourth-order valence-corrected chi connectivity index (χ4v) is 3.28. The van der Waals surface area contributed by atoms with Crippen LogP contribution in [0.2, 0.25) is 0 Å². The van der Waals surface area contributed by atoms with Crippen LogP contribution in [0, 0.1) is 13.8 Å². The minimum Gasteiger partial charge on any atom is -0.349 e. The van der Waals surface area contributed by atoms with E-state index in [1.807, 2.05) is 32.0 Å². The number of benzene rings is 1. The summed E-state index contributed by atoms with van der Waals surface area (Å²) in [6.07, 6.45) is 7.11. The molecule has 1 heterocycles. The third-order valence-corrected chi connectivity index (χ3v) is 5.05. The third-order valence-electron chi connectivity index (χ3n) is 5.05. The van der Waals surface area contributed by atoms with E-state index in [0.29, 0.717) is 5.56 Å². The lowest BCUT2D eigenvalue weighted by Gasteiger charge is -2.22. The highest BCUT2D eigenvalue weighted by atomic mass is 16.2. The summed E-state index contributed by atoms with van der Waals surface area (Å²) < 4.78 is 0. The summed E-state index contributed by atoms with van der Waals surface area (Å²) in [5.74, 6) is -0.453. The molecule has 1 aliphatic rings. The lowest BCUT2D eigenvalue weighted by molar-refractivity contribution is 0.0927. The molecule has 2 N–H and O–H groups in total. The molecule has 26 heavy (non-hydrogen) atoms. The zero-order valence-corrected chi connectivity index (χ0v) is 15.3. The highest BCUT2D eigenvalue weighted by Gasteiger charge is 2.18. The minimum absolute atomic E-state index is 0.139. The average Bonchev–Trinajstić information content (AvgIpc) is 2.66. The van der Waals surface area contributed by atoms with E-state index in [1.54, 1.807) is 12.1 Å². The van der Waals surface area contributed by atoms with Crippen LogP contribution < -0.4 is 10.6 Å². The first-order chi connectivity index (χ1) is 12.5. The maximum absolute atomic E-state index is 12.5. The van der Waals surface area contributed by atoms with Crippen molar-refractivity contribution < 1.29 is 9.59 Å². The van der Waals surface area contributed by atoms with Gasteiger partial charge in [0.1, 0.15) is 5.69 Å². The molecule has 0 radical (unpaired) electrons. The van der Waals surface area contributed by atoms with Gasteiger partial charge in [-0.3, -0.25) is 14.6 Å². The number of rotatable bonds is 4. The Labute approximate surface area is 154 Å². The highest BCUT2D eigenvalue weighted by Crippen LogP contribution is 2.19. The van der Waals surface area contributed by atoms with E-state index in [4.69, 9.17) is 0 Å². The van der Waals surface area contributed by atoms with Crippen LogP contribution in [-0.2, 0) is 0 Å². The van der Waals surface area contributed by atoms with Crippen LogP contribution >= 0.6 is 0 Å². The number of anilines is 1. The molecule has 2 amide bonds. The largest absolute Gasteiger partial charge is 0.349 e. The van der Waals surface area contributed by atoms with E-state index in [1.165, 1.54) is 12.6 Å². The highest BCUT2D eigenvalue weighted by molar-refractivity contribution is 6.05. The van der Waals surface area contributed by atoms with Crippen molar-refractivity contribution in [3.63, 3.8) is 0 Å². The monoisotopic (exact) mass is 351 g/mol. The molecule has 1 aliphatic carbocycles. The van der Waals surface area contributed by atoms with Crippen molar-refractivity contribution in [3.8, 4) is 0 Å². The number of aromatic nitrogens is 1. The van der Waals surface area contributed by atoms with Crippen molar-refractivity contribution in [3.05, 3.63) is 58.9 Å². The Morgan fingerprint density at radius 3 is 2.58 bits per heavy atom. The Balaban J connectivity index is 1.70.